The molecule has 0 N–H and O–H groups in total. The largest absolute Gasteiger partial charge is 0.264 e. The van der Waals surface area contributed by atoms with Gasteiger partial charge >= 0.3 is 0 Å². The standard InChI is InChI=1S/C40H26N2/c1-2-12-27(13-3-1)39-32-17-6-8-19-34(32)40(35-20-9-7-18-33(35)39)36-24-23-31(29-15-4-5-16-30(29)36)38-22-10-21-37(42-38)28-14-11-25-41-26-28/h1-26H. The monoisotopic (exact) mass is 534 g/mol. The van der Waals surface area contributed by atoms with E-state index in [2.05, 4.69) is 138 Å². The molecule has 0 saturated carbocycles. The van der Waals surface area contributed by atoms with Crippen LogP contribution in [0.3, 0.4) is 0 Å². The van der Waals surface area contributed by atoms with Gasteiger partial charge in [-0.1, -0.05) is 121 Å². The summed E-state index contributed by atoms with van der Waals surface area (Å²) in [6.07, 6.45) is 3.65. The Morgan fingerprint density at radius 1 is 0.333 bits per heavy atom. The van der Waals surface area contributed by atoms with Crippen molar-refractivity contribution in [1.82, 2.24) is 9.97 Å². The van der Waals surface area contributed by atoms with E-state index in [0.29, 0.717) is 0 Å². The third-order valence-electron chi connectivity index (χ3n) is 8.17. The van der Waals surface area contributed by atoms with Crippen LogP contribution in [0.15, 0.2) is 158 Å². The van der Waals surface area contributed by atoms with Crippen molar-refractivity contribution in [1.29, 1.82) is 0 Å². The quantitative estimate of drug-likeness (QED) is 0.210. The van der Waals surface area contributed by atoms with E-state index in [1.807, 2.05) is 18.3 Å². The Bertz CT molecular complexity index is 2180. The van der Waals surface area contributed by atoms with Gasteiger partial charge in [0.25, 0.3) is 0 Å². The van der Waals surface area contributed by atoms with Gasteiger partial charge in [-0.2, -0.15) is 0 Å². The zero-order valence-corrected chi connectivity index (χ0v) is 22.9. The number of hydrogen-bond donors (Lipinski definition) is 0. The number of rotatable bonds is 4. The Kier molecular flexibility index (Phi) is 5.82. The molecule has 0 aliphatic heterocycles. The summed E-state index contributed by atoms with van der Waals surface area (Å²) in [4.78, 5) is 9.36. The van der Waals surface area contributed by atoms with Crippen molar-refractivity contribution in [2.24, 2.45) is 0 Å². The second-order valence-corrected chi connectivity index (χ2v) is 10.6. The van der Waals surface area contributed by atoms with Crippen molar-refractivity contribution in [3.8, 4) is 44.8 Å². The van der Waals surface area contributed by atoms with Crippen LogP contribution in [0.2, 0.25) is 0 Å². The summed E-state index contributed by atoms with van der Waals surface area (Å²) in [7, 11) is 0. The molecule has 0 saturated heterocycles. The molecule has 6 aromatic carbocycles. The Hall–Kier alpha value is -5.60. The minimum absolute atomic E-state index is 0.919. The molecule has 0 bridgehead atoms. The molecule has 0 amide bonds. The fourth-order valence-electron chi connectivity index (χ4n) is 6.33. The van der Waals surface area contributed by atoms with Gasteiger partial charge in [-0.15, -0.1) is 0 Å². The van der Waals surface area contributed by atoms with Crippen molar-refractivity contribution in [3.05, 3.63) is 158 Å². The lowest BCUT2D eigenvalue weighted by molar-refractivity contribution is 1.28. The summed E-state index contributed by atoms with van der Waals surface area (Å²) < 4.78 is 0. The molecular formula is C40H26N2. The van der Waals surface area contributed by atoms with E-state index < -0.39 is 0 Å². The van der Waals surface area contributed by atoms with Crippen LogP contribution in [0.25, 0.3) is 77.1 Å². The Labute approximate surface area is 244 Å². The number of nitrogens with zero attached hydrogens (tertiary/aromatic N) is 2. The van der Waals surface area contributed by atoms with Crippen LogP contribution in [0.5, 0.6) is 0 Å². The van der Waals surface area contributed by atoms with Crippen molar-refractivity contribution >= 4 is 32.3 Å². The van der Waals surface area contributed by atoms with Crippen molar-refractivity contribution < 1.29 is 0 Å². The van der Waals surface area contributed by atoms with E-state index >= 15 is 0 Å². The number of hydrogen-bond acceptors (Lipinski definition) is 2. The molecule has 0 aliphatic rings. The van der Waals surface area contributed by atoms with Crippen LogP contribution in [0.4, 0.5) is 0 Å². The van der Waals surface area contributed by atoms with E-state index in [0.717, 1.165) is 22.5 Å². The molecule has 8 rings (SSSR count). The second-order valence-electron chi connectivity index (χ2n) is 10.6. The average molecular weight is 535 g/mol. The third-order valence-corrected chi connectivity index (χ3v) is 8.17. The summed E-state index contributed by atoms with van der Waals surface area (Å²) in [6.45, 7) is 0. The van der Waals surface area contributed by atoms with Crippen LogP contribution < -0.4 is 0 Å². The molecule has 2 heterocycles. The summed E-state index contributed by atoms with van der Waals surface area (Å²) in [5.41, 5.74) is 9.01. The lowest BCUT2D eigenvalue weighted by atomic mass is 9.84. The first-order chi connectivity index (χ1) is 20.9. The van der Waals surface area contributed by atoms with Crippen LogP contribution in [0.1, 0.15) is 0 Å². The van der Waals surface area contributed by atoms with Gasteiger partial charge in [0.15, 0.2) is 0 Å². The fourth-order valence-corrected chi connectivity index (χ4v) is 6.33. The molecule has 2 nitrogen and oxygen atoms in total. The molecule has 0 fully saturated rings. The van der Waals surface area contributed by atoms with Crippen LogP contribution in [-0.4, -0.2) is 9.97 Å². The predicted octanol–water partition coefficient (Wildman–Crippen LogP) is 10.6. The second kappa shape index (κ2) is 10.1. The first-order valence-corrected chi connectivity index (χ1v) is 14.3. The zero-order chi connectivity index (χ0) is 27.9. The number of pyridine rings is 2. The van der Waals surface area contributed by atoms with Crippen LogP contribution in [-0.2, 0) is 0 Å². The Morgan fingerprint density at radius 3 is 1.50 bits per heavy atom. The molecule has 2 aromatic heterocycles. The van der Waals surface area contributed by atoms with E-state index in [-0.39, 0.29) is 0 Å². The first kappa shape index (κ1) is 24.2. The van der Waals surface area contributed by atoms with Crippen LogP contribution in [0, 0.1) is 0 Å². The van der Waals surface area contributed by atoms with E-state index in [4.69, 9.17) is 4.98 Å². The van der Waals surface area contributed by atoms with E-state index in [9.17, 15) is 0 Å². The molecule has 2 heteroatoms. The molecule has 0 unspecified atom stereocenters. The highest BCUT2D eigenvalue weighted by atomic mass is 14.7. The molecule has 8 aromatic rings. The first-order valence-electron chi connectivity index (χ1n) is 14.3. The molecule has 0 atom stereocenters. The number of fused-ring (bicyclic) bond motifs is 3. The van der Waals surface area contributed by atoms with Gasteiger partial charge in [0.05, 0.1) is 11.4 Å². The zero-order valence-electron chi connectivity index (χ0n) is 22.9. The Balaban J connectivity index is 1.41. The highest BCUT2D eigenvalue weighted by molar-refractivity contribution is 6.24. The van der Waals surface area contributed by atoms with Gasteiger partial charge in [0.2, 0.25) is 0 Å². The molecular weight excluding hydrogens is 508 g/mol. The molecule has 0 aliphatic carbocycles. The van der Waals surface area contributed by atoms with E-state index in [1.165, 1.54) is 54.6 Å². The highest BCUT2D eigenvalue weighted by Crippen LogP contribution is 2.46. The maximum atomic E-state index is 5.07. The van der Waals surface area contributed by atoms with Gasteiger partial charge in [-0.25, -0.2) is 4.98 Å². The maximum absolute atomic E-state index is 5.07. The minimum atomic E-state index is 0.919. The van der Waals surface area contributed by atoms with Crippen molar-refractivity contribution in [2.75, 3.05) is 0 Å². The van der Waals surface area contributed by atoms with Crippen LogP contribution >= 0.6 is 0 Å². The fraction of sp³-hybridized carbons (Fsp3) is 0. The lowest BCUT2D eigenvalue weighted by Gasteiger charge is -2.19. The highest BCUT2D eigenvalue weighted by Gasteiger charge is 2.19. The van der Waals surface area contributed by atoms with Gasteiger partial charge in [0, 0.05) is 23.5 Å². The van der Waals surface area contributed by atoms with Gasteiger partial charge in [0.1, 0.15) is 0 Å². The summed E-state index contributed by atoms with van der Waals surface area (Å²) in [5, 5.41) is 7.43. The number of benzene rings is 6. The molecule has 196 valence electrons. The topological polar surface area (TPSA) is 25.8 Å². The predicted molar refractivity (Wildman–Crippen MR) is 176 cm³/mol. The smallest absolute Gasteiger partial charge is 0.0725 e. The van der Waals surface area contributed by atoms with Crippen molar-refractivity contribution in [3.63, 3.8) is 0 Å². The molecule has 42 heavy (non-hydrogen) atoms. The summed E-state index contributed by atoms with van der Waals surface area (Å²) >= 11 is 0. The summed E-state index contributed by atoms with van der Waals surface area (Å²) in [5.74, 6) is 0. The lowest BCUT2D eigenvalue weighted by Crippen LogP contribution is -1.93. The van der Waals surface area contributed by atoms with Gasteiger partial charge in [-0.05, 0) is 78.8 Å². The average Bonchev–Trinajstić information content (AvgIpc) is 3.07. The molecule has 0 spiro atoms. The third kappa shape index (κ3) is 3.96. The number of aromatic nitrogens is 2. The molecule has 0 radical (unpaired) electrons. The maximum Gasteiger partial charge on any atom is 0.0725 e. The van der Waals surface area contributed by atoms with Gasteiger partial charge in [-0.3, -0.25) is 4.98 Å². The van der Waals surface area contributed by atoms with Crippen molar-refractivity contribution in [2.45, 2.75) is 0 Å². The SMILES string of the molecule is c1ccc(-c2c3ccccc3c(-c3ccc(-c4cccc(-c5cccnc5)n4)c4ccccc34)c3ccccc23)cc1. The summed E-state index contributed by atoms with van der Waals surface area (Å²) in [6, 6.07) is 51.9. The van der Waals surface area contributed by atoms with Gasteiger partial charge < -0.3 is 0 Å². The normalized spacial score (nSPS) is 11.3. The Morgan fingerprint density at radius 2 is 0.857 bits per heavy atom. The van der Waals surface area contributed by atoms with E-state index in [1.54, 1.807) is 6.20 Å². The minimum Gasteiger partial charge on any atom is -0.264 e.